The van der Waals surface area contributed by atoms with E-state index in [4.69, 9.17) is 16.7 Å². The molecule has 1 aromatic carbocycles. The van der Waals surface area contributed by atoms with Gasteiger partial charge in [0.15, 0.2) is 0 Å². The van der Waals surface area contributed by atoms with E-state index in [0.29, 0.717) is 16.8 Å². The fourth-order valence-electron chi connectivity index (χ4n) is 2.24. The molecule has 0 radical (unpaired) electrons. The van der Waals surface area contributed by atoms with Crippen LogP contribution in [0, 0.1) is 11.3 Å². The van der Waals surface area contributed by atoms with E-state index < -0.39 is 0 Å². The van der Waals surface area contributed by atoms with Crippen molar-refractivity contribution in [3.63, 3.8) is 0 Å². The van der Waals surface area contributed by atoms with Gasteiger partial charge in [-0.15, -0.1) is 0 Å². The number of aromatic nitrogens is 3. The van der Waals surface area contributed by atoms with Crippen LogP contribution in [-0.2, 0) is 0 Å². The largest absolute Gasteiger partial charge is 0.383 e. The number of benzene rings is 1. The number of hydrogen-bond acceptors (Lipinski definition) is 6. The van der Waals surface area contributed by atoms with Gasteiger partial charge in [-0.3, -0.25) is 4.98 Å². The molecule has 0 amide bonds. The van der Waals surface area contributed by atoms with Crippen LogP contribution in [-0.4, -0.2) is 15.0 Å². The normalized spacial score (nSPS) is 10.1. The second-order valence-corrected chi connectivity index (χ2v) is 4.62. The number of hydrogen-bond donors (Lipinski definition) is 2. The van der Waals surface area contributed by atoms with Crippen LogP contribution in [0.25, 0.3) is 22.4 Å². The third-order valence-corrected chi connectivity index (χ3v) is 3.17. The first-order chi connectivity index (χ1) is 10.7. The van der Waals surface area contributed by atoms with Crippen molar-refractivity contribution in [3.8, 4) is 28.5 Å². The summed E-state index contributed by atoms with van der Waals surface area (Å²) in [7, 11) is 0. The molecule has 2 aromatic heterocycles. The van der Waals surface area contributed by atoms with Crippen LogP contribution < -0.4 is 11.5 Å². The minimum atomic E-state index is 0.0856. The zero-order chi connectivity index (χ0) is 15.5. The molecule has 4 N–H and O–H groups in total. The monoisotopic (exact) mass is 288 g/mol. The van der Waals surface area contributed by atoms with Crippen LogP contribution in [0.2, 0.25) is 0 Å². The predicted molar refractivity (Wildman–Crippen MR) is 84.2 cm³/mol. The smallest absolute Gasteiger partial charge is 0.222 e. The van der Waals surface area contributed by atoms with Gasteiger partial charge in [-0.2, -0.15) is 10.2 Å². The SMILES string of the molecule is N#Cc1cccc(-c2nc(N)nc(N)c2-c2cccnc2)c1. The van der Waals surface area contributed by atoms with Gasteiger partial charge >= 0.3 is 0 Å². The highest BCUT2D eigenvalue weighted by Gasteiger charge is 2.15. The number of pyridine rings is 1. The summed E-state index contributed by atoms with van der Waals surface area (Å²) in [5, 5.41) is 9.06. The quantitative estimate of drug-likeness (QED) is 0.747. The molecule has 106 valence electrons. The molecule has 0 saturated carbocycles. The summed E-state index contributed by atoms with van der Waals surface area (Å²) in [6.45, 7) is 0. The predicted octanol–water partition coefficient (Wildman–Crippen LogP) is 2.24. The molecule has 3 rings (SSSR count). The van der Waals surface area contributed by atoms with Crippen molar-refractivity contribution in [2.75, 3.05) is 11.5 Å². The van der Waals surface area contributed by atoms with Crippen molar-refractivity contribution in [2.24, 2.45) is 0 Å². The first-order valence-electron chi connectivity index (χ1n) is 6.53. The molecule has 0 aliphatic carbocycles. The van der Waals surface area contributed by atoms with Gasteiger partial charge in [0.1, 0.15) is 5.82 Å². The molecule has 6 nitrogen and oxygen atoms in total. The summed E-state index contributed by atoms with van der Waals surface area (Å²) in [5.74, 6) is 0.361. The maximum absolute atomic E-state index is 9.06. The third-order valence-electron chi connectivity index (χ3n) is 3.17. The summed E-state index contributed by atoms with van der Waals surface area (Å²) < 4.78 is 0. The van der Waals surface area contributed by atoms with Crippen molar-refractivity contribution >= 4 is 11.8 Å². The highest BCUT2D eigenvalue weighted by Crippen LogP contribution is 2.34. The Bertz CT molecular complexity index is 868. The first-order valence-corrected chi connectivity index (χ1v) is 6.53. The summed E-state index contributed by atoms with van der Waals surface area (Å²) in [5.41, 5.74) is 15.1. The second kappa shape index (κ2) is 5.50. The fraction of sp³-hybridized carbons (Fsp3) is 0. The fourth-order valence-corrected chi connectivity index (χ4v) is 2.24. The van der Waals surface area contributed by atoms with E-state index in [1.54, 1.807) is 36.7 Å². The number of nitriles is 1. The number of nitrogens with two attached hydrogens (primary N) is 2. The van der Waals surface area contributed by atoms with E-state index in [1.165, 1.54) is 0 Å². The Kier molecular flexibility index (Phi) is 3.38. The third kappa shape index (κ3) is 2.43. The van der Waals surface area contributed by atoms with E-state index in [1.807, 2.05) is 12.1 Å². The molecule has 2 heterocycles. The average Bonchev–Trinajstić information content (AvgIpc) is 2.55. The molecule has 0 aliphatic heterocycles. The van der Waals surface area contributed by atoms with Gasteiger partial charge in [0.25, 0.3) is 0 Å². The molecule has 0 fully saturated rings. The summed E-state index contributed by atoms with van der Waals surface area (Å²) >= 11 is 0. The lowest BCUT2D eigenvalue weighted by Crippen LogP contribution is -2.04. The van der Waals surface area contributed by atoms with Gasteiger partial charge in [0.05, 0.1) is 22.9 Å². The van der Waals surface area contributed by atoms with Crippen molar-refractivity contribution in [1.29, 1.82) is 5.26 Å². The van der Waals surface area contributed by atoms with E-state index in [2.05, 4.69) is 21.0 Å². The molecule has 0 unspecified atom stereocenters. The first kappa shape index (κ1) is 13.5. The van der Waals surface area contributed by atoms with Crippen LogP contribution in [0.3, 0.4) is 0 Å². The highest BCUT2D eigenvalue weighted by atomic mass is 15.0. The van der Waals surface area contributed by atoms with Crippen molar-refractivity contribution in [3.05, 3.63) is 54.4 Å². The summed E-state index contributed by atoms with van der Waals surface area (Å²) in [6, 6.07) is 12.9. The molecule has 3 aromatic rings. The lowest BCUT2D eigenvalue weighted by atomic mass is 10.00. The Balaban J connectivity index is 2.29. The van der Waals surface area contributed by atoms with Gasteiger partial charge in [-0.1, -0.05) is 18.2 Å². The Hall–Kier alpha value is -3.46. The van der Waals surface area contributed by atoms with Crippen LogP contribution in [0.1, 0.15) is 5.56 Å². The standard InChI is InChI=1S/C16H12N6/c17-8-10-3-1-4-11(7-10)14-13(12-5-2-6-20-9-12)15(18)22-16(19)21-14/h1-7,9H,(H4,18,19,21,22). The molecule has 0 aliphatic rings. The maximum Gasteiger partial charge on any atom is 0.222 e. The molecular formula is C16H12N6. The Morgan fingerprint density at radius 3 is 2.55 bits per heavy atom. The van der Waals surface area contributed by atoms with Gasteiger partial charge in [-0.25, -0.2) is 4.98 Å². The minimum absolute atomic E-state index is 0.0856. The molecule has 0 saturated heterocycles. The van der Waals surface area contributed by atoms with Crippen molar-refractivity contribution in [2.45, 2.75) is 0 Å². The number of anilines is 2. The average molecular weight is 288 g/mol. The molecular weight excluding hydrogens is 276 g/mol. The topological polar surface area (TPSA) is 114 Å². The van der Waals surface area contributed by atoms with Gasteiger partial charge in [0.2, 0.25) is 5.95 Å². The summed E-state index contributed by atoms with van der Waals surface area (Å²) in [4.78, 5) is 12.4. The molecule has 0 bridgehead atoms. The minimum Gasteiger partial charge on any atom is -0.383 e. The van der Waals surface area contributed by atoms with Crippen LogP contribution in [0.4, 0.5) is 11.8 Å². The number of rotatable bonds is 2. The van der Waals surface area contributed by atoms with Crippen LogP contribution in [0.5, 0.6) is 0 Å². The Morgan fingerprint density at radius 1 is 1.00 bits per heavy atom. The zero-order valence-corrected chi connectivity index (χ0v) is 11.6. The van der Waals surface area contributed by atoms with Gasteiger partial charge in [-0.05, 0) is 18.2 Å². The Labute approximate surface area is 127 Å². The van der Waals surface area contributed by atoms with E-state index in [0.717, 1.165) is 11.1 Å². The molecule has 0 atom stereocenters. The molecule has 0 spiro atoms. The zero-order valence-electron chi connectivity index (χ0n) is 11.6. The number of nitrogen functional groups attached to an aromatic ring is 2. The van der Waals surface area contributed by atoms with E-state index in [9.17, 15) is 0 Å². The second-order valence-electron chi connectivity index (χ2n) is 4.62. The van der Waals surface area contributed by atoms with Crippen LogP contribution >= 0.6 is 0 Å². The van der Waals surface area contributed by atoms with Crippen molar-refractivity contribution < 1.29 is 0 Å². The number of nitrogens with zero attached hydrogens (tertiary/aromatic N) is 4. The van der Waals surface area contributed by atoms with Crippen LogP contribution in [0.15, 0.2) is 48.8 Å². The van der Waals surface area contributed by atoms with Gasteiger partial charge in [0, 0.05) is 23.5 Å². The van der Waals surface area contributed by atoms with E-state index >= 15 is 0 Å². The lowest BCUT2D eigenvalue weighted by Gasteiger charge is -2.12. The molecule has 6 heteroatoms. The Morgan fingerprint density at radius 2 is 1.82 bits per heavy atom. The van der Waals surface area contributed by atoms with E-state index in [-0.39, 0.29) is 11.8 Å². The highest BCUT2D eigenvalue weighted by molar-refractivity contribution is 5.88. The van der Waals surface area contributed by atoms with Crippen molar-refractivity contribution in [1.82, 2.24) is 15.0 Å². The maximum atomic E-state index is 9.06. The summed E-state index contributed by atoms with van der Waals surface area (Å²) in [6.07, 6.45) is 3.36. The molecule has 22 heavy (non-hydrogen) atoms. The lowest BCUT2D eigenvalue weighted by molar-refractivity contribution is 1.19. The van der Waals surface area contributed by atoms with Gasteiger partial charge < -0.3 is 11.5 Å².